The Hall–Kier alpha value is -0.190. The average Bonchev–Trinajstić information content (AvgIpc) is 2.61. The van der Waals surface area contributed by atoms with Crippen LogP contribution in [0.3, 0.4) is 0 Å². The lowest BCUT2D eigenvalue weighted by molar-refractivity contribution is 1.18. The zero-order valence-corrected chi connectivity index (χ0v) is 10.3. The summed E-state index contributed by atoms with van der Waals surface area (Å²) in [6.07, 6.45) is 4.34. The minimum atomic E-state index is 0.968. The van der Waals surface area contributed by atoms with Crippen LogP contribution >= 0.6 is 35.7 Å². The third-order valence-corrected chi connectivity index (χ3v) is 4.26. The zero-order valence-electron chi connectivity index (χ0n) is 7.87. The lowest BCUT2D eigenvalue weighted by atomic mass is 10.3. The summed E-state index contributed by atoms with van der Waals surface area (Å²) in [7, 11) is 0. The van der Waals surface area contributed by atoms with E-state index in [0.29, 0.717) is 0 Å². The number of hydrogen-bond acceptors (Lipinski definition) is 3. The van der Waals surface area contributed by atoms with Gasteiger partial charge in [-0.1, -0.05) is 31.3 Å². The Morgan fingerprint density at radius 2 is 2.57 bits per heavy atom. The van der Waals surface area contributed by atoms with Crippen molar-refractivity contribution in [2.24, 2.45) is 0 Å². The second-order valence-electron chi connectivity index (χ2n) is 2.90. The van der Waals surface area contributed by atoms with Crippen molar-refractivity contribution in [2.75, 3.05) is 11.5 Å². The van der Waals surface area contributed by atoms with E-state index in [9.17, 15) is 0 Å². The molecule has 0 saturated heterocycles. The van der Waals surface area contributed by atoms with E-state index in [-0.39, 0.29) is 0 Å². The molecule has 2 heterocycles. The van der Waals surface area contributed by atoms with Gasteiger partial charge >= 0.3 is 0 Å². The maximum Gasteiger partial charge on any atom is 0.0941 e. The molecule has 2 rings (SSSR count). The highest BCUT2D eigenvalue weighted by Crippen LogP contribution is 2.29. The number of H-pyrrole nitrogens is 1. The molecule has 14 heavy (non-hydrogen) atoms. The van der Waals surface area contributed by atoms with Gasteiger partial charge in [0.05, 0.1) is 14.9 Å². The molecule has 0 bridgehead atoms. The van der Waals surface area contributed by atoms with Crippen LogP contribution < -0.4 is 0 Å². The second-order valence-corrected chi connectivity index (χ2v) is 5.87. The quantitative estimate of drug-likeness (QED) is 0.797. The minimum Gasteiger partial charge on any atom is -0.348 e. The van der Waals surface area contributed by atoms with Crippen molar-refractivity contribution in [3.05, 3.63) is 23.4 Å². The molecule has 74 valence electrons. The lowest BCUT2D eigenvalue weighted by Crippen LogP contribution is -1.91. The molecule has 0 amide bonds. The molecule has 0 fully saturated rings. The summed E-state index contributed by atoms with van der Waals surface area (Å²) >= 11 is 8.86. The first-order valence-corrected chi connectivity index (χ1v) is 6.88. The number of nitrogens with one attached hydrogen (secondary N) is 1. The van der Waals surface area contributed by atoms with Crippen LogP contribution in [0, 0.1) is 0 Å². The number of thioether (sulfide) groups is 2. The molecule has 0 unspecified atom stereocenters. The van der Waals surface area contributed by atoms with E-state index < -0.39 is 0 Å². The van der Waals surface area contributed by atoms with Crippen LogP contribution in [0.15, 0.2) is 17.2 Å². The van der Waals surface area contributed by atoms with E-state index in [0.717, 1.165) is 21.4 Å². The van der Waals surface area contributed by atoms with E-state index in [1.54, 1.807) is 11.8 Å². The molecule has 0 radical (unpaired) electrons. The monoisotopic (exact) mass is 241 g/mol. The van der Waals surface area contributed by atoms with Crippen molar-refractivity contribution in [2.45, 2.75) is 11.9 Å². The summed E-state index contributed by atoms with van der Waals surface area (Å²) < 4.78 is 0.968. The minimum absolute atomic E-state index is 0.968. The van der Waals surface area contributed by atoms with Crippen LogP contribution in [-0.4, -0.2) is 20.7 Å². The number of fused-ring (bicyclic) bond motifs is 1. The molecule has 0 aromatic carbocycles. The molecular formula is C10H11NS3. The van der Waals surface area contributed by atoms with Crippen molar-refractivity contribution < 1.29 is 0 Å². The van der Waals surface area contributed by atoms with Crippen molar-refractivity contribution in [3.8, 4) is 0 Å². The first-order chi connectivity index (χ1) is 6.81. The summed E-state index contributed by atoms with van der Waals surface area (Å²) in [5.74, 6) is 2.09. The molecule has 1 aliphatic rings. The van der Waals surface area contributed by atoms with Crippen molar-refractivity contribution in [1.29, 1.82) is 0 Å². The van der Waals surface area contributed by atoms with Gasteiger partial charge < -0.3 is 4.98 Å². The summed E-state index contributed by atoms with van der Waals surface area (Å²) in [5.41, 5.74) is 2.37. The van der Waals surface area contributed by atoms with Gasteiger partial charge in [0, 0.05) is 11.3 Å². The Morgan fingerprint density at radius 3 is 3.29 bits per heavy atom. The fourth-order valence-electron chi connectivity index (χ4n) is 1.32. The number of aromatic nitrogens is 1. The number of rotatable bonds is 2. The first-order valence-electron chi connectivity index (χ1n) is 4.50. The van der Waals surface area contributed by atoms with Crippen LogP contribution in [0.25, 0.3) is 6.08 Å². The van der Waals surface area contributed by atoms with Crippen molar-refractivity contribution in [3.63, 3.8) is 0 Å². The van der Waals surface area contributed by atoms with Gasteiger partial charge in [0.15, 0.2) is 0 Å². The van der Waals surface area contributed by atoms with Gasteiger partial charge in [-0.05, 0) is 11.8 Å². The maximum atomic E-state index is 5.31. The number of thiocarbonyl (C=S) groups is 1. The van der Waals surface area contributed by atoms with Crippen LogP contribution in [0.5, 0.6) is 0 Å². The van der Waals surface area contributed by atoms with Gasteiger partial charge in [0.2, 0.25) is 0 Å². The number of hydrogen-bond donors (Lipinski definition) is 1. The molecule has 0 spiro atoms. The molecule has 0 aliphatic carbocycles. The van der Waals surface area contributed by atoms with Gasteiger partial charge in [-0.2, -0.15) is 0 Å². The van der Waals surface area contributed by atoms with Crippen LogP contribution in [0.2, 0.25) is 0 Å². The molecule has 0 atom stereocenters. The highest BCUT2D eigenvalue weighted by molar-refractivity contribution is 8.23. The zero-order chi connectivity index (χ0) is 9.97. The predicted molar refractivity (Wildman–Crippen MR) is 70.4 cm³/mol. The van der Waals surface area contributed by atoms with E-state index in [4.69, 9.17) is 12.2 Å². The third-order valence-electron chi connectivity index (χ3n) is 1.93. The first kappa shape index (κ1) is 10.3. The fraction of sp³-hybridized carbons (Fsp3) is 0.300. The Bertz CT molecular complexity index is 379. The molecule has 1 aromatic rings. The smallest absolute Gasteiger partial charge is 0.0941 e. The molecule has 1 aliphatic heterocycles. The fourth-order valence-corrected chi connectivity index (χ4v) is 3.15. The highest BCUT2D eigenvalue weighted by atomic mass is 32.2. The summed E-state index contributed by atoms with van der Waals surface area (Å²) in [5, 5.41) is 1.25. The van der Waals surface area contributed by atoms with E-state index in [1.165, 1.54) is 10.6 Å². The predicted octanol–water partition coefficient (Wildman–Crippen LogP) is 3.56. The van der Waals surface area contributed by atoms with E-state index >= 15 is 0 Å². The Kier molecular flexibility index (Phi) is 3.36. The molecule has 0 saturated carbocycles. The molecule has 1 aromatic heterocycles. The molecular weight excluding hydrogens is 230 g/mol. The van der Waals surface area contributed by atoms with E-state index in [2.05, 4.69) is 30.1 Å². The summed E-state index contributed by atoms with van der Waals surface area (Å²) in [6.45, 7) is 2.12. The Balaban J connectivity index is 2.24. The SMILES string of the molecule is CCSC(=S)c1cc2c([nH]1)SCC=C2. The summed E-state index contributed by atoms with van der Waals surface area (Å²) in [4.78, 5) is 3.37. The number of aromatic amines is 1. The largest absolute Gasteiger partial charge is 0.348 e. The molecule has 1 nitrogen and oxygen atoms in total. The van der Waals surface area contributed by atoms with Crippen LogP contribution in [0.1, 0.15) is 18.2 Å². The van der Waals surface area contributed by atoms with Gasteiger partial charge in [0.1, 0.15) is 0 Å². The van der Waals surface area contributed by atoms with Gasteiger partial charge in [-0.3, -0.25) is 0 Å². The van der Waals surface area contributed by atoms with E-state index in [1.807, 2.05) is 11.8 Å². The molecule has 1 N–H and O–H groups in total. The maximum absolute atomic E-state index is 5.31. The lowest BCUT2D eigenvalue weighted by Gasteiger charge is -2.01. The Labute approximate surface area is 97.7 Å². The highest BCUT2D eigenvalue weighted by Gasteiger charge is 2.11. The van der Waals surface area contributed by atoms with Gasteiger partial charge in [0.25, 0.3) is 0 Å². The topological polar surface area (TPSA) is 15.8 Å². The van der Waals surface area contributed by atoms with Gasteiger partial charge in [-0.15, -0.1) is 23.5 Å². The Morgan fingerprint density at radius 1 is 1.71 bits per heavy atom. The van der Waals surface area contributed by atoms with Crippen molar-refractivity contribution >= 4 is 46.0 Å². The second kappa shape index (κ2) is 4.55. The van der Waals surface area contributed by atoms with Crippen LogP contribution in [0.4, 0.5) is 0 Å². The third kappa shape index (κ3) is 2.07. The standard InChI is InChI=1S/C10H11NS3/c1-2-13-10(12)8-6-7-4-3-5-14-9(7)11-8/h3-4,6,11H,2,5H2,1H3. The van der Waals surface area contributed by atoms with Crippen LogP contribution in [-0.2, 0) is 0 Å². The van der Waals surface area contributed by atoms with Gasteiger partial charge in [-0.25, -0.2) is 0 Å². The normalized spacial score (nSPS) is 14.1. The summed E-state index contributed by atoms with van der Waals surface area (Å²) in [6, 6.07) is 2.14. The van der Waals surface area contributed by atoms with Crippen molar-refractivity contribution in [1.82, 2.24) is 4.98 Å². The average molecular weight is 241 g/mol. The molecule has 4 heteroatoms.